The van der Waals surface area contributed by atoms with E-state index in [1.54, 1.807) is 21.9 Å². The molecule has 2 aromatic heterocycles. The van der Waals surface area contributed by atoms with Gasteiger partial charge in [0.1, 0.15) is 5.82 Å². The van der Waals surface area contributed by atoms with Crippen LogP contribution in [0.15, 0.2) is 88.8 Å². The van der Waals surface area contributed by atoms with Crippen LogP contribution in [0.25, 0.3) is 16.6 Å². The summed E-state index contributed by atoms with van der Waals surface area (Å²) < 4.78 is 44.1. The number of aromatic nitrogens is 3. The Morgan fingerprint density at radius 3 is 2.57 bits per heavy atom. The van der Waals surface area contributed by atoms with Gasteiger partial charge in [0.25, 0.3) is 10.0 Å². The van der Waals surface area contributed by atoms with E-state index in [4.69, 9.17) is 0 Å². The third-order valence-electron chi connectivity index (χ3n) is 8.00. The van der Waals surface area contributed by atoms with Crippen molar-refractivity contribution in [2.45, 2.75) is 22.5 Å². The van der Waals surface area contributed by atoms with Crippen molar-refractivity contribution in [2.24, 2.45) is 5.92 Å². The summed E-state index contributed by atoms with van der Waals surface area (Å²) in [6, 6.07) is 21.0. The van der Waals surface area contributed by atoms with Crippen LogP contribution in [0.3, 0.4) is 0 Å². The van der Waals surface area contributed by atoms with Gasteiger partial charge in [-0.25, -0.2) is 17.5 Å². The maximum atomic E-state index is 13.5. The quantitative estimate of drug-likeness (QED) is 0.310. The fourth-order valence-corrected chi connectivity index (χ4v) is 8.80. The van der Waals surface area contributed by atoms with Crippen molar-refractivity contribution in [1.29, 1.82) is 0 Å². The number of sulfonamides is 1. The number of hydrogen-bond donors (Lipinski definition) is 0. The molecule has 186 valence electrons. The monoisotopic (exact) mass is 530 g/mol. The van der Waals surface area contributed by atoms with Gasteiger partial charge in [-0.05, 0) is 65.9 Å². The minimum absolute atomic E-state index is 0.181. The number of thiazole rings is 1. The van der Waals surface area contributed by atoms with Crippen LogP contribution in [0.2, 0.25) is 0 Å². The smallest absolute Gasteiger partial charge is 0.252 e. The van der Waals surface area contributed by atoms with Crippen molar-refractivity contribution in [3.8, 4) is 5.69 Å². The molecule has 3 aromatic carbocycles. The molecule has 0 N–H and O–H groups in total. The zero-order chi connectivity index (χ0) is 25.4. The van der Waals surface area contributed by atoms with Gasteiger partial charge in [-0.2, -0.15) is 9.40 Å². The molecule has 1 aliphatic heterocycles. The summed E-state index contributed by atoms with van der Waals surface area (Å²) in [6.45, 7) is 2.99. The molecule has 7 rings (SSSR count). The predicted molar refractivity (Wildman–Crippen MR) is 141 cm³/mol. The molecule has 3 heterocycles. The SMILES string of the molecule is Cc1cc2c(cnn2-c2ccc(F)cc2)cc1[C@@]12CN(S(=O)(=O)c3cncs3)C[C@@H]1[C@H]2c1ccccc1. The number of fused-ring (bicyclic) bond motifs is 2. The molecular weight excluding hydrogens is 507 g/mol. The number of aryl methyl sites for hydroxylation is 1. The largest absolute Gasteiger partial charge is 0.254 e. The molecular formula is C28H23FN4O2S2. The van der Waals surface area contributed by atoms with Crippen molar-refractivity contribution < 1.29 is 12.8 Å². The lowest BCUT2D eigenvalue weighted by atomic mass is 9.87. The maximum Gasteiger partial charge on any atom is 0.254 e. The molecule has 6 nitrogen and oxygen atoms in total. The van der Waals surface area contributed by atoms with Crippen LogP contribution in [0.4, 0.5) is 4.39 Å². The molecule has 1 saturated carbocycles. The normalized spacial score (nSPS) is 23.4. The van der Waals surface area contributed by atoms with Crippen molar-refractivity contribution in [3.63, 3.8) is 0 Å². The topological polar surface area (TPSA) is 68.1 Å². The minimum atomic E-state index is -3.60. The Bertz CT molecular complexity index is 1730. The van der Waals surface area contributed by atoms with Gasteiger partial charge in [0.05, 0.1) is 29.1 Å². The van der Waals surface area contributed by atoms with Crippen LogP contribution < -0.4 is 0 Å². The highest BCUT2D eigenvalue weighted by Crippen LogP contribution is 2.70. The molecule has 0 amide bonds. The zero-order valence-electron chi connectivity index (χ0n) is 20.0. The summed E-state index contributed by atoms with van der Waals surface area (Å²) in [5.74, 6) is 0.134. The molecule has 0 unspecified atom stereocenters. The van der Waals surface area contributed by atoms with Gasteiger partial charge >= 0.3 is 0 Å². The molecule has 1 aliphatic carbocycles. The van der Waals surface area contributed by atoms with E-state index in [9.17, 15) is 12.8 Å². The van der Waals surface area contributed by atoms with Gasteiger partial charge in [0, 0.05) is 29.8 Å². The summed E-state index contributed by atoms with van der Waals surface area (Å²) in [5.41, 5.74) is 6.47. The van der Waals surface area contributed by atoms with E-state index in [-0.39, 0.29) is 27.3 Å². The third kappa shape index (κ3) is 3.34. The first-order chi connectivity index (χ1) is 17.9. The van der Waals surface area contributed by atoms with Crippen LogP contribution in [-0.2, 0) is 15.4 Å². The van der Waals surface area contributed by atoms with E-state index in [1.807, 2.05) is 29.1 Å². The highest BCUT2D eigenvalue weighted by atomic mass is 32.2. The van der Waals surface area contributed by atoms with Crippen molar-refractivity contribution in [3.05, 3.63) is 107 Å². The summed E-state index contributed by atoms with van der Waals surface area (Å²) in [4.78, 5) is 3.99. The van der Waals surface area contributed by atoms with E-state index in [0.717, 1.165) is 33.5 Å². The van der Waals surface area contributed by atoms with E-state index in [0.29, 0.717) is 13.1 Å². The standard InChI is InChI=1S/C28H23FN4O2S2/c1-18-11-25-20(13-31-33(25)22-9-7-21(29)8-10-22)12-23(18)28-16-32(37(34,35)26-14-30-17-36-26)15-24(28)27(28)19-5-3-2-4-6-19/h2-14,17,24,27H,15-16H2,1H3/t24-,27-,28+/m1/s1. The summed E-state index contributed by atoms with van der Waals surface area (Å²) >= 11 is 1.16. The Hall–Kier alpha value is -3.40. The number of hydrogen-bond acceptors (Lipinski definition) is 5. The number of piperidine rings is 1. The lowest BCUT2D eigenvalue weighted by molar-refractivity contribution is 0.422. The molecule has 9 heteroatoms. The van der Waals surface area contributed by atoms with Crippen molar-refractivity contribution in [1.82, 2.24) is 19.1 Å². The number of benzene rings is 3. The van der Waals surface area contributed by atoms with Gasteiger partial charge in [-0.3, -0.25) is 4.98 Å². The first-order valence-electron chi connectivity index (χ1n) is 12.1. The number of halogens is 1. The molecule has 0 spiro atoms. The summed E-state index contributed by atoms with van der Waals surface area (Å²) in [5, 5.41) is 5.56. The second-order valence-corrected chi connectivity index (χ2v) is 13.0. The highest BCUT2D eigenvalue weighted by Gasteiger charge is 2.71. The molecule has 0 radical (unpaired) electrons. The van der Waals surface area contributed by atoms with Gasteiger partial charge in [0.15, 0.2) is 4.21 Å². The number of rotatable bonds is 5. The van der Waals surface area contributed by atoms with Crippen molar-refractivity contribution in [2.75, 3.05) is 13.1 Å². The Morgan fingerprint density at radius 1 is 1.05 bits per heavy atom. The van der Waals surface area contributed by atoms with Gasteiger partial charge in [0.2, 0.25) is 0 Å². The van der Waals surface area contributed by atoms with Crippen LogP contribution >= 0.6 is 11.3 Å². The molecule has 5 aromatic rings. The molecule has 37 heavy (non-hydrogen) atoms. The van der Waals surface area contributed by atoms with E-state index >= 15 is 0 Å². The van der Waals surface area contributed by atoms with Gasteiger partial charge in [-0.1, -0.05) is 30.3 Å². The molecule has 0 bridgehead atoms. The van der Waals surface area contributed by atoms with Crippen LogP contribution in [0.1, 0.15) is 22.6 Å². The third-order valence-corrected chi connectivity index (χ3v) is 11.1. The van der Waals surface area contributed by atoms with Gasteiger partial charge in [-0.15, -0.1) is 11.3 Å². The zero-order valence-corrected chi connectivity index (χ0v) is 21.6. The van der Waals surface area contributed by atoms with Gasteiger partial charge < -0.3 is 0 Å². The highest BCUT2D eigenvalue weighted by molar-refractivity contribution is 7.91. The lowest BCUT2D eigenvalue weighted by Crippen LogP contribution is -2.34. The van der Waals surface area contributed by atoms with Crippen LogP contribution in [0.5, 0.6) is 0 Å². The Balaban J connectivity index is 1.34. The maximum absolute atomic E-state index is 13.5. The average Bonchev–Trinajstić information content (AvgIpc) is 3.41. The Kier molecular flexibility index (Phi) is 4.95. The molecule has 2 fully saturated rings. The minimum Gasteiger partial charge on any atom is -0.252 e. The van der Waals surface area contributed by atoms with E-state index < -0.39 is 10.0 Å². The summed E-state index contributed by atoms with van der Waals surface area (Å²) in [6.07, 6.45) is 3.26. The molecule has 1 saturated heterocycles. The first-order valence-corrected chi connectivity index (χ1v) is 14.4. The average molecular weight is 531 g/mol. The van der Waals surface area contributed by atoms with E-state index in [1.165, 1.54) is 29.5 Å². The second kappa shape index (κ2) is 8.05. The predicted octanol–water partition coefficient (Wildman–Crippen LogP) is 5.29. The van der Waals surface area contributed by atoms with E-state index in [2.05, 4.69) is 41.3 Å². The Morgan fingerprint density at radius 2 is 1.84 bits per heavy atom. The fraction of sp³-hybridized carbons (Fsp3) is 0.214. The second-order valence-electron chi connectivity index (χ2n) is 9.91. The van der Waals surface area contributed by atoms with Crippen LogP contribution in [0, 0.1) is 18.7 Å². The molecule has 2 aliphatic rings. The molecule has 3 atom stereocenters. The Labute approximate surface area is 218 Å². The van der Waals surface area contributed by atoms with Crippen molar-refractivity contribution >= 4 is 32.3 Å². The summed E-state index contributed by atoms with van der Waals surface area (Å²) in [7, 11) is -3.60. The van der Waals surface area contributed by atoms with Crippen LogP contribution in [-0.4, -0.2) is 40.6 Å². The first kappa shape index (κ1) is 22.8. The number of nitrogens with zero attached hydrogens (tertiary/aromatic N) is 4. The lowest BCUT2D eigenvalue weighted by Gasteiger charge is -2.25. The fourth-order valence-electron chi connectivity index (χ4n) is 6.33.